The molecule has 0 unspecified atom stereocenters. The van der Waals surface area contributed by atoms with Gasteiger partial charge in [0.2, 0.25) is 0 Å². The minimum Gasteiger partial charge on any atom is -0.476 e. The van der Waals surface area contributed by atoms with Gasteiger partial charge < -0.3 is 18.9 Å². The molecule has 0 N–H and O–H groups in total. The number of pyridine rings is 1. The molecule has 0 aliphatic carbocycles. The zero-order valence-corrected chi connectivity index (χ0v) is 18.5. The number of ether oxygens (including phenoxy) is 4. The first-order chi connectivity index (χ1) is 15.2. The van der Waals surface area contributed by atoms with E-state index in [-0.39, 0.29) is 5.75 Å². The Morgan fingerprint density at radius 3 is 2.28 bits per heavy atom. The highest BCUT2D eigenvalue weighted by atomic mass is 32.2. The van der Waals surface area contributed by atoms with Crippen molar-refractivity contribution in [2.24, 2.45) is 0 Å². The third kappa shape index (κ3) is 6.19. The van der Waals surface area contributed by atoms with Crippen molar-refractivity contribution in [3.05, 3.63) is 48.5 Å². The van der Waals surface area contributed by atoms with Crippen molar-refractivity contribution in [2.45, 2.75) is 44.5 Å². The lowest BCUT2D eigenvalue weighted by Crippen LogP contribution is -2.55. The molecule has 2 aromatic rings. The molecule has 0 amide bonds. The van der Waals surface area contributed by atoms with Gasteiger partial charge in [0.15, 0.2) is 23.7 Å². The highest BCUT2D eigenvalue weighted by Gasteiger charge is 2.47. The Morgan fingerprint density at radius 2 is 1.62 bits per heavy atom. The molecule has 4 atom stereocenters. The van der Waals surface area contributed by atoms with Crippen molar-refractivity contribution in [1.82, 2.24) is 4.98 Å². The second-order valence-corrected chi connectivity index (χ2v) is 8.17. The molecule has 0 saturated carbocycles. The van der Waals surface area contributed by atoms with Crippen LogP contribution in [0.1, 0.15) is 20.8 Å². The molecule has 1 aromatic heterocycles. The van der Waals surface area contributed by atoms with E-state index < -0.39 is 47.5 Å². The van der Waals surface area contributed by atoms with Crippen molar-refractivity contribution in [1.29, 1.82) is 0 Å². The Kier molecular flexibility index (Phi) is 7.68. The van der Waals surface area contributed by atoms with Gasteiger partial charge in [0.05, 0.1) is 6.20 Å². The van der Waals surface area contributed by atoms with E-state index in [0.717, 1.165) is 6.20 Å². The number of thioether (sulfide) groups is 1. The maximum atomic E-state index is 13.6. The van der Waals surface area contributed by atoms with Crippen molar-refractivity contribution in [3.63, 3.8) is 0 Å². The molecule has 2 heterocycles. The van der Waals surface area contributed by atoms with E-state index >= 15 is 0 Å². The van der Waals surface area contributed by atoms with Crippen LogP contribution in [0.2, 0.25) is 0 Å². The normalized spacial score (nSPS) is 22.5. The van der Waals surface area contributed by atoms with Gasteiger partial charge in [0.25, 0.3) is 0 Å². The summed E-state index contributed by atoms with van der Waals surface area (Å²) in [5.74, 6) is -1.56. The van der Waals surface area contributed by atoms with Gasteiger partial charge in [-0.15, -0.1) is 11.8 Å². The molecular weight excluding hydrogens is 441 g/mol. The van der Waals surface area contributed by atoms with Crippen LogP contribution in [-0.4, -0.2) is 52.4 Å². The lowest BCUT2D eigenvalue weighted by molar-refractivity contribution is -0.186. The number of nitrogens with zero attached hydrogens (tertiary/aromatic N) is 1. The summed E-state index contributed by atoms with van der Waals surface area (Å²) in [5.41, 5.74) is 0.487. The molecule has 1 aliphatic heterocycles. The first kappa shape index (κ1) is 23.5. The molecule has 0 spiro atoms. The predicted octanol–water partition coefficient (Wildman–Crippen LogP) is 3.13. The Morgan fingerprint density at radius 1 is 0.938 bits per heavy atom. The minimum atomic E-state index is -1.04. The summed E-state index contributed by atoms with van der Waals surface area (Å²) in [6.07, 6.45) is -0.239. The monoisotopic (exact) mass is 463 g/mol. The maximum absolute atomic E-state index is 13.6. The van der Waals surface area contributed by atoms with Crippen molar-refractivity contribution in [2.75, 3.05) is 5.75 Å². The van der Waals surface area contributed by atoms with E-state index in [1.807, 2.05) is 0 Å². The van der Waals surface area contributed by atoms with E-state index in [1.165, 1.54) is 44.8 Å². The molecular formula is C22H22FNO7S. The van der Waals surface area contributed by atoms with Crippen LogP contribution in [0.15, 0.2) is 42.7 Å². The SMILES string of the molecule is CC(=O)O[C@@H]1[C@@H](OC(C)=O)[C@@H](Oc2cccc(-c3cncc(F)c3)c2)SC[C@H]1OC(C)=O. The Bertz CT molecular complexity index is 1000. The smallest absolute Gasteiger partial charge is 0.303 e. The number of carbonyl (C=O) groups excluding carboxylic acids is 3. The Hall–Kier alpha value is -3.14. The van der Waals surface area contributed by atoms with Gasteiger partial charge in [0, 0.05) is 38.3 Å². The maximum Gasteiger partial charge on any atom is 0.303 e. The number of esters is 3. The van der Waals surface area contributed by atoms with E-state index in [0.29, 0.717) is 16.9 Å². The lowest BCUT2D eigenvalue weighted by Gasteiger charge is -2.39. The van der Waals surface area contributed by atoms with Gasteiger partial charge in [-0.2, -0.15) is 0 Å². The quantitative estimate of drug-likeness (QED) is 0.472. The number of halogens is 1. The average Bonchev–Trinajstić information content (AvgIpc) is 2.71. The van der Waals surface area contributed by atoms with E-state index in [1.54, 1.807) is 24.3 Å². The lowest BCUT2D eigenvalue weighted by atomic mass is 10.1. The van der Waals surface area contributed by atoms with E-state index in [4.69, 9.17) is 18.9 Å². The molecule has 8 nitrogen and oxygen atoms in total. The molecule has 0 radical (unpaired) electrons. The molecule has 10 heteroatoms. The molecule has 1 saturated heterocycles. The van der Waals surface area contributed by atoms with E-state index in [2.05, 4.69) is 4.98 Å². The summed E-state index contributed by atoms with van der Waals surface area (Å²) in [6, 6.07) is 8.25. The van der Waals surface area contributed by atoms with Gasteiger partial charge in [-0.1, -0.05) is 12.1 Å². The Balaban J connectivity index is 1.87. The van der Waals surface area contributed by atoms with Gasteiger partial charge >= 0.3 is 17.9 Å². The number of hydrogen-bond donors (Lipinski definition) is 0. The van der Waals surface area contributed by atoms with Crippen molar-refractivity contribution < 1.29 is 37.7 Å². The fourth-order valence-electron chi connectivity index (χ4n) is 3.26. The van der Waals surface area contributed by atoms with Gasteiger partial charge in [-0.3, -0.25) is 19.4 Å². The fraction of sp³-hybridized carbons (Fsp3) is 0.364. The molecule has 1 aliphatic rings. The van der Waals surface area contributed by atoms with Crippen molar-refractivity contribution in [3.8, 4) is 16.9 Å². The summed E-state index contributed by atoms with van der Waals surface area (Å²) >= 11 is 1.25. The number of rotatable bonds is 6. The van der Waals surface area contributed by atoms with Gasteiger partial charge in [-0.25, -0.2) is 4.39 Å². The molecule has 3 rings (SSSR count). The predicted molar refractivity (Wildman–Crippen MR) is 113 cm³/mol. The Labute approximate surface area is 188 Å². The summed E-state index contributed by atoms with van der Waals surface area (Å²) in [6.45, 7) is 3.68. The van der Waals surface area contributed by atoms with Crippen LogP contribution in [0.5, 0.6) is 5.75 Å². The first-order valence-corrected chi connectivity index (χ1v) is 10.8. The minimum absolute atomic E-state index is 0.257. The van der Waals surface area contributed by atoms with Crippen LogP contribution >= 0.6 is 11.8 Å². The highest BCUT2D eigenvalue weighted by molar-refractivity contribution is 7.99. The number of hydrogen-bond acceptors (Lipinski definition) is 9. The van der Waals surface area contributed by atoms with Crippen LogP contribution in [0.25, 0.3) is 11.1 Å². The molecule has 170 valence electrons. The fourth-order valence-corrected chi connectivity index (χ4v) is 4.48. The summed E-state index contributed by atoms with van der Waals surface area (Å²) in [4.78, 5) is 38.8. The van der Waals surface area contributed by atoms with Crippen LogP contribution in [0, 0.1) is 5.82 Å². The molecule has 32 heavy (non-hydrogen) atoms. The van der Waals surface area contributed by atoms with Crippen LogP contribution in [-0.2, 0) is 28.6 Å². The summed E-state index contributed by atoms with van der Waals surface area (Å²) in [7, 11) is 0. The molecule has 0 bridgehead atoms. The standard InChI is InChI=1S/C22H22FNO7S/c1-12(25)28-19-11-32-22(21(30-14(3)27)20(19)29-13(2)26)31-18-6-4-5-15(8-18)16-7-17(23)10-24-9-16/h4-10,19-22H,11H2,1-3H3/t19-,20+,21-,22+/m1/s1. The van der Waals surface area contributed by atoms with Crippen molar-refractivity contribution >= 4 is 29.7 Å². The number of benzene rings is 1. The first-order valence-electron chi connectivity index (χ1n) is 9.74. The van der Waals surface area contributed by atoms with Crippen LogP contribution < -0.4 is 4.74 Å². The zero-order chi connectivity index (χ0) is 23.3. The third-order valence-electron chi connectivity index (χ3n) is 4.43. The highest BCUT2D eigenvalue weighted by Crippen LogP contribution is 2.35. The second-order valence-electron chi connectivity index (χ2n) is 7.04. The third-order valence-corrected chi connectivity index (χ3v) is 5.64. The van der Waals surface area contributed by atoms with Gasteiger partial charge in [-0.05, 0) is 23.8 Å². The molecule has 1 aromatic carbocycles. The largest absolute Gasteiger partial charge is 0.476 e. The molecule has 1 fully saturated rings. The van der Waals surface area contributed by atoms with E-state index in [9.17, 15) is 18.8 Å². The number of carbonyl (C=O) groups is 3. The summed E-state index contributed by atoms with van der Waals surface area (Å²) < 4.78 is 35.7. The van der Waals surface area contributed by atoms with Gasteiger partial charge in [0.1, 0.15) is 11.6 Å². The van der Waals surface area contributed by atoms with Crippen LogP contribution in [0.4, 0.5) is 4.39 Å². The number of aromatic nitrogens is 1. The zero-order valence-electron chi connectivity index (χ0n) is 17.6. The average molecular weight is 463 g/mol. The second kappa shape index (κ2) is 10.4. The topological polar surface area (TPSA) is 101 Å². The van der Waals surface area contributed by atoms with Crippen LogP contribution in [0.3, 0.4) is 0 Å². The summed E-state index contributed by atoms with van der Waals surface area (Å²) in [5, 5.41) is 0.